The average Bonchev–Trinajstić information content (AvgIpc) is 2.07. The Kier molecular flexibility index (Phi) is 3.82. The van der Waals surface area contributed by atoms with Crippen molar-refractivity contribution in [3.05, 3.63) is 39.8 Å². The second-order valence-corrected chi connectivity index (χ2v) is 4.13. The van der Waals surface area contributed by atoms with E-state index in [-0.39, 0.29) is 0 Å². The van der Waals surface area contributed by atoms with E-state index in [2.05, 4.69) is 27.8 Å². The molecule has 0 atom stereocenters. The summed E-state index contributed by atoms with van der Waals surface area (Å²) in [5, 5.41) is 3.78. The van der Waals surface area contributed by atoms with Crippen molar-refractivity contribution in [1.29, 1.82) is 0 Å². The van der Waals surface area contributed by atoms with Crippen LogP contribution in [-0.4, -0.2) is 6.54 Å². The van der Waals surface area contributed by atoms with E-state index >= 15 is 0 Å². The molecule has 70 valence electrons. The maximum absolute atomic E-state index is 5.65. The molecule has 0 unspecified atom stereocenters. The van der Waals surface area contributed by atoms with Crippen LogP contribution in [0, 0.1) is 6.92 Å². The summed E-state index contributed by atoms with van der Waals surface area (Å²) in [6, 6.07) is 6.04. The lowest BCUT2D eigenvalue weighted by molar-refractivity contribution is 1.29. The van der Waals surface area contributed by atoms with Crippen LogP contribution in [0.5, 0.6) is 0 Å². The van der Waals surface area contributed by atoms with E-state index in [1.807, 2.05) is 25.1 Å². The van der Waals surface area contributed by atoms with Crippen LogP contribution >= 0.6 is 27.5 Å². The molecule has 0 spiro atoms. The monoisotopic (exact) mass is 259 g/mol. The lowest BCUT2D eigenvalue weighted by Crippen LogP contribution is -2.01. The van der Waals surface area contributed by atoms with E-state index in [4.69, 9.17) is 11.6 Å². The summed E-state index contributed by atoms with van der Waals surface area (Å²) in [5.74, 6) is 0. The fraction of sp³-hybridized carbons (Fsp3) is 0.200. The van der Waals surface area contributed by atoms with Gasteiger partial charge in [-0.2, -0.15) is 0 Å². The van der Waals surface area contributed by atoms with Gasteiger partial charge in [-0.1, -0.05) is 30.3 Å². The average molecular weight is 261 g/mol. The number of halogens is 2. The summed E-state index contributed by atoms with van der Waals surface area (Å²) in [6.07, 6.45) is 0. The third-order valence-electron chi connectivity index (χ3n) is 1.66. The quantitative estimate of drug-likeness (QED) is 0.868. The van der Waals surface area contributed by atoms with Crippen LogP contribution in [0.1, 0.15) is 5.56 Å². The molecule has 0 aliphatic heterocycles. The topological polar surface area (TPSA) is 12.0 Å². The van der Waals surface area contributed by atoms with Gasteiger partial charge in [0, 0.05) is 15.2 Å². The fourth-order valence-electron chi connectivity index (χ4n) is 0.975. The van der Waals surface area contributed by atoms with Gasteiger partial charge < -0.3 is 5.32 Å². The molecule has 0 fully saturated rings. The first-order chi connectivity index (χ1) is 6.11. The van der Waals surface area contributed by atoms with E-state index in [0.29, 0.717) is 11.6 Å². The number of hydrogen-bond donors (Lipinski definition) is 1. The Hall–Kier alpha value is -0.470. The number of hydrogen-bond acceptors (Lipinski definition) is 1. The highest BCUT2D eigenvalue weighted by atomic mass is 79.9. The Balaban J connectivity index is 2.77. The van der Waals surface area contributed by atoms with E-state index in [1.165, 1.54) is 5.56 Å². The Labute approximate surface area is 91.9 Å². The van der Waals surface area contributed by atoms with E-state index in [0.717, 1.165) is 10.2 Å². The molecule has 0 aromatic heterocycles. The standard InChI is InChI=1S/C10H11BrClN/c1-7-4-3-5-9(10(7)11)13-6-8(2)12/h3-5,13H,2,6H2,1H3. The molecule has 0 radical (unpaired) electrons. The molecule has 1 rings (SSSR count). The zero-order chi connectivity index (χ0) is 9.84. The smallest absolute Gasteiger partial charge is 0.0502 e. The van der Waals surface area contributed by atoms with Crippen LogP contribution < -0.4 is 5.32 Å². The van der Waals surface area contributed by atoms with Crippen LogP contribution in [0.15, 0.2) is 34.3 Å². The minimum Gasteiger partial charge on any atom is -0.379 e. The molecule has 0 amide bonds. The number of benzene rings is 1. The van der Waals surface area contributed by atoms with E-state index in [9.17, 15) is 0 Å². The van der Waals surface area contributed by atoms with Crippen LogP contribution in [0.2, 0.25) is 0 Å². The molecule has 0 aliphatic carbocycles. The Morgan fingerprint density at radius 2 is 2.31 bits per heavy atom. The van der Waals surface area contributed by atoms with Gasteiger partial charge in [-0.25, -0.2) is 0 Å². The van der Waals surface area contributed by atoms with Crippen molar-refractivity contribution in [2.75, 3.05) is 11.9 Å². The van der Waals surface area contributed by atoms with Crippen LogP contribution in [0.25, 0.3) is 0 Å². The molecule has 0 saturated carbocycles. The van der Waals surface area contributed by atoms with Crippen LogP contribution in [0.4, 0.5) is 5.69 Å². The Bertz CT molecular complexity index is 323. The number of anilines is 1. The summed E-state index contributed by atoms with van der Waals surface area (Å²) in [5.41, 5.74) is 2.24. The molecule has 1 aromatic rings. The largest absolute Gasteiger partial charge is 0.379 e. The fourth-order valence-corrected chi connectivity index (χ4v) is 1.45. The maximum atomic E-state index is 5.65. The zero-order valence-corrected chi connectivity index (χ0v) is 9.74. The van der Waals surface area contributed by atoms with Gasteiger partial charge >= 0.3 is 0 Å². The summed E-state index contributed by atoms with van der Waals surface area (Å²) in [4.78, 5) is 0. The number of nitrogens with one attached hydrogen (secondary N) is 1. The van der Waals surface area contributed by atoms with Gasteiger partial charge in [0.15, 0.2) is 0 Å². The molecule has 1 nitrogen and oxygen atoms in total. The van der Waals surface area contributed by atoms with Crippen molar-refractivity contribution < 1.29 is 0 Å². The van der Waals surface area contributed by atoms with Crippen LogP contribution in [-0.2, 0) is 0 Å². The molecule has 1 N–H and O–H groups in total. The van der Waals surface area contributed by atoms with Crippen molar-refractivity contribution in [2.45, 2.75) is 6.92 Å². The summed E-state index contributed by atoms with van der Waals surface area (Å²) in [7, 11) is 0. The van der Waals surface area contributed by atoms with Gasteiger partial charge in [0.2, 0.25) is 0 Å². The van der Waals surface area contributed by atoms with Gasteiger partial charge in [0.05, 0.1) is 6.54 Å². The maximum Gasteiger partial charge on any atom is 0.0502 e. The highest BCUT2D eigenvalue weighted by Gasteiger charge is 2.00. The van der Waals surface area contributed by atoms with Gasteiger partial charge in [0.25, 0.3) is 0 Å². The second-order valence-electron chi connectivity index (χ2n) is 2.81. The van der Waals surface area contributed by atoms with Crippen LogP contribution in [0.3, 0.4) is 0 Å². The lowest BCUT2D eigenvalue weighted by Gasteiger charge is -2.08. The van der Waals surface area contributed by atoms with Crippen molar-refractivity contribution in [3.8, 4) is 0 Å². The summed E-state index contributed by atoms with van der Waals surface area (Å²) < 4.78 is 1.08. The normalized spacial score (nSPS) is 9.77. The molecule has 0 bridgehead atoms. The third kappa shape index (κ3) is 3.05. The summed E-state index contributed by atoms with van der Waals surface area (Å²) >= 11 is 9.14. The zero-order valence-electron chi connectivity index (χ0n) is 7.40. The van der Waals surface area contributed by atoms with Gasteiger partial charge in [-0.05, 0) is 34.5 Å². The predicted octanol–water partition coefficient (Wildman–Crippen LogP) is 3.92. The van der Waals surface area contributed by atoms with Crippen molar-refractivity contribution in [2.24, 2.45) is 0 Å². The minimum atomic E-state index is 0.587. The first kappa shape index (κ1) is 10.6. The SMILES string of the molecule is C=C(Cl)CNc1cccc(C)c1Br. The molecule has 0 aliphatic rings. The van der Waals surface area contributed by atoms with Crippen molar-refractivity contribution in [3.63, 3.8) is 0 Å². The first-order valence-electron chi connectivity index (χ1n) is 3.93. The summed E-state index contributed by atoms with van der Waals surface area (Å²) in [6.45, 7) is 6.24. The lowest BCUT2D eigenvalue weighted by atomic mass is 10.2. The van der Waals surface area contributed by atoms with Crippen molar-refractivity contribution in [1.82, 2.24) is 0 Å². The minimum absolute atomic E-state index is 0.587. The van der Waals surface area contributed by atoms with Crippen molar-refractivity contribution >= 4 is 33.2 Å². The first-order valence-corrected chi connectivity index (χ1v) is 5.10. The molecule has 3 heteroatoms. The molecular formula is C10H11BrClN. The van der Waals surface area contributed by atoms with Gasteiger partial charge in [0.1, 0.15) is 0 Å². The molecule has 0 heterocycles. The highest BCUT2D eigenvalue weighted by Crippen LogP contribution is 2.25. The second kappa shape index (κ2) is 4.68. The molecule has 1 aromatic carbocycles. The van der Waals surface area contributed by atoms with Gasteiger partial charge in [-0.15, -0.1) is 0 Å². The Morgan fingerprint density at radius 1 is 1.62 bits per heavy atom. The predicted molar refractivity (Wildman–Crippen MR) is 62.4 cm³/mol. The molecular weight excluding hydrogens is 249 g/mol. The third-order valence-corrected chi connectivity index (χ3v) is 2.85. The van der Waals surface area contributed by atoms with E-state index < -0.39 is 0 Å². The highest BCUT2D eigenvalue weighted by molar-refractivity contribution is 9.10. The Morgan fingerprint density at radius 3 is 2.92 bits per heavy atom. The molecule has 13 heavy (non-hydrogen) atoms. The van der Waals surface area contributed by atoms with Gasteiger partial charge in [-0.3, -0.25) is 0 Å². The number of rotatable bonds is 3. The number of aryl methyl sites for hydroxylation is 1. The van der Waals surface area contributed by atoms with E-state index in [1.54, 1.807) is 0 Å². The molecule has 0 saturated heterocycles.